The zero-order valence-corrected chi connectivity index (χ0v) is 19.0. The molecule has 9 heteroatoms. The van der Waals surface area contributed by atoms with Crippen molar-refractivity contribution in [3.05, 3.63) is 58.6 Å². The fourth-order valence-corrected chi connectivity index (χ4v) is 5.22. The molecule has 1 N–H and O–H groups in total. The van der Waals surface area contributed by atoms with Crippen molar-refractivity contribution in [2.45, 2.75) is 31.6 Å². The molecule has 0 aliphatic carbocycles. The standard InChI is InChI=1S/C22H25ClN2O5S/c1-3-30-22(27)19-7-4-8-20(15(19)2)24-21(26)16-6-5-13-25(14-16)31(28,29)18-11-9-17(23)10-12-18/h4,7-12,16H,3,5-6,13-14H2,1-2H3,(H,24,26)/t16-/m0/s1. The number of carbonyl (C=O) groups is 2. The molecule has 31 heavy (non-hydrogen) atoms. The van der Waals surface area contributed by atoms with E-state index in [2.05, 4.69) is 5.32 Å². The number of piperidine rings is 1. The van der Waals surface area contributed by atoms with Crippen LogP contribution in [0.3, 0.4) is 0 Å². The second-order valence-corrected chi connectivity index (χ2v) is 9.72. The molecule has 3 rings (SSSR count). The summed E-state index contributed by atoms with van der Waals surface area (Å²) in [5, 5.41) is 3.30. The topological polar surface area (TPSA) is 92.8 Å². The highest BCUT2D eigenvalue weighted by Crippen LogP contribution is 2.27. The summed E-state index contributed by atoms with van der Waals surface area (Å²) in [5.74, 6) is -1.23. The van der Waals surface area contributed by atoms with Gasteiger partial charge in [-0.25, -0.2) is 13.2 Å². The molecule has 166 valence electrons. The number of sulfonamides is 1. The van der Waals surface area contributed by atoms with Crippen LogP contribution in [0, 0.1) is 12.8 Å². The van der Waals surface area contributed by atoms with Crippen molar-refractivity contribution >= 4 is 39.2 Å². The maximum Gasteiger partial charge on any atom is 0.338 e. The molecule has 7 nitrogen and oxygen atoms in total. The van der Waals surface area contributed by atoms with Crippen LogP contribution in [0.15, 0.2) is 47.4 Å². The van der Waals surface area contributed by atoms with Gasteiger partial charge in [-0.3, -0.25) is 4.79 Å². The Hall–Kier alpha value is -2.42. The third kappa shape index (κ3) is 5.26. The lowest BCUT2D eigenvalue weighted by Crippen LogP contribution is -2.43. The van der Waals surface area contributed by atoms with Gasteiger partial charge in [0.15, 0.2) is 0 Å². The van der Waals surface area contributed by atoms with Crippen LogP contribution in [0.1, 0.15) is 35.7 Å². The van der Waals surface area contributed by atoms with E-state index in [0.717, 1.165) is 0 Å². The van der Waals surface area contributed by atoms with E-state index in [-0.39, 0.29) is 24.0 Å². The van der Waals surface area contributed by atoms with Gasteiger partial charge in [0.05, 0.1) is 23.0 Å². The summed E-state index contributed by atoms with van der Waals surface area (Å²) in [5.41, 5.74) is 1.50. The number of hydrogen-bond donors (Lipinski definition) is 1. The van der Waals surface area contributed by atoms with E-state index in [4.69, 9.17) is 16.3 Å². The largest absolute Gasteiger partial charge is 0.462 e. The normalized spacial score (nSPS) is 17.2. The Morgan fingerprint density at radius 1 is 1.19 bits per heavy atom. The van der Waals surface area contributed by atoms with Crippen LogP contribution in [-0.2, 0) is 19.6 Å². The van der Waals surface area contributed by atoms with Crippen molar-refractivity contribution in [1.29, 1.82) is 0 Å². The molecule has 1 atom stereocenters. The first-order valence-electron chi connectivity index (χ1n) is 10.1. The van der Waals surface area contributed by atoms with Crippen LogP contribution in [0.5, 0.6) is 0 Å². The molecule has 1 amide bonds. The van der Waals surface area contributed by atoms with Gasteiger partial charge in [0.1, 0.15) is 0 Å². The van der Waals surface area contributed by atoms with Gasteiger partial charge in [-0.05, 0) is 68.7 Å². The van der Waals surface area contributed by atoms with E-state index >= 15 is 0 Å². The molecule has 0 spiro atoms. The number of amides is 1. The molecule has 1 aliphatic heterocycles. The number of nitrogens with zero attached hydrogens (tertiary/aromatic N) is 1. The molecule has 1 heterocycles. The van der Waals surface area contributed by atoms with Gasteiger partial charge in [-0.2, -0.15) is 4.31 Å². The smallest absolute Gasteiger partial charge is 0.338 e. The number of benzene rings is 2. The first-order valence-corrected chi connectivity index (χ1v) is 11.9. The van der Waals surface area contributed by atoms with Gasteiger partial charge in [0, 0.05) is 23.8 Å². The number of anilines is 1. The molecule has 1 aliphatic rings. The zero-order chi connectivity index (χ0) is 22.6. The van der Waals surface area contributed by atoms with E-state index in [0.29, 0.717) is 41.2 Å². The summed E-state index contributed by atoms with van der Waals surface area (Å²) in [6, 6.07) is 11.0. The Labute approximate surface area is 187 Å². The van der Waals surface area contributed by atoms with Gasteiger partial charge in [0.25, 0.3) is 0 Å². The van der Waals surface area contributed by atoms with E-state index in [9.17, 15) is 18.0 Å². The third-order valence-electron chi connectivity index (χ3n) is 5.29. The molecule has 0 bridgehead atoms. The molecule has 0 unspecified atom stereocenters. The van der Waals surface area contributed by atoms with Crippen LogP contribution in [-0.4, -0.2) is 44.3 Å². The Morgan fingerprint density at radius 2 is 1.90 bits per heavy atom. The van der Waals surface area contributed by atoms with Crippen molar-refractivity contribution in [3.63, 3.8) is 0 Å². The SMILES string of the molecule is CCOC(=O)c1cccc(NC(=O)[C@H]2CCCN(S(=O)(=O)c3ccc(Cl)cc3)C2)c1C. The second kappa shape index (κ2) is 9.80. The van der Waals surface area contributed by atoms with E-state index in [1.165, 1.54) is 28.6 Å². The van der Waals surface area contributed by atoms with Gasteiger partial charge in [-0.15, -0.1) is 0 Å². The lowest BCUT2D eigenvalue weighted by atomic mass is 9.98. The highest BCUT2D eigenvalue weighted by Gasteiger charge is 2.33. The minimum Gasteiger partial charge on any atom is -0.462 e. The number of halogens is 1. The number of esters is 1. The maximum absolute atomic E-state index is 13.0. The number of rotatable bonds is 6. The summed E-state index contributed by atoms with van der Waals surface area (Å²) in [4.78, 5) is 25.2. The minimum atomic E-state index is -3.72. The van der Waals surface area contributed by atoms with Crippen molar-refractivity contribution in [1.82, 2.24) is 4.31 Å². The number of nitrogens with one attached hydrogen (secondary N) is 1. The predicted molar refractivity (Wildman–Crippen MR) is 119 cm³/mol. The first kappa shape index (κ1) is 23.2. The van der Waals surface area contributed by atoms with Crippen LogP contribution in [0.25, 0.3) is 0 Å². The Bertz CT molecular complexity index is 1070. The highest BCUT2D eigenvalue weighted by atomic mass is 35.5. The van der Waals surface area contributed by atoms with Crippen molar-refractivity contribution < 1.29 is 22.7 Å². The van der Waals surface area contributed by atoms with Crippen LogP contribution < -0.4 is 5.32 Å². The summed E-state index contributed by atoms with van der Waals surface area (Å²) >= 11 is 5.86. The molecule has 0 aromatic heterocycles. The van der Waals surface area contributed by atoms with Crippen LogP contribution in [0.2, 0.25) is 5.02 Å². The van der Waals surface area contributed by atoms with E-state index in [1.807, 2.05) is 0 Å². The average Bonchev–Trinajstić information content (AvgIpc) is 2.75. The molecule has 1 saturated heterocycles. The summed E-state index contributed by atoms with van der Waals surface area (Å²) in [6.45, 7) is 4.17. The van der Waals surface area contributed by atoms with E-state index < -0.39 is 21.9 Å². The molecule has 2 aromatic rings. The fourth-order valence-electron chi connectivity index (χ4n) is 3.57. The van der Waals surface area contributed by atoms with Crippen molar-refractivity contribution in [2.75, 3.05) is 25.0 Å². The van der Waals surface area contributed by atoms with Crippen LogP contribution in [0.4, 0.5) is 5.69 Å². The molecular formula is C22H25ClN2O5S. The summed E-state index contributed by atoms with van der Waals surface area (Å²) in [6.07, 6.45) is 1.15. The Kier molecular flexibility index (Phi) is 7.35. The second-order valence-electron chi connectivity index (χ2n) is 7.34. The average molecular weight is 465 g/mol. The fraction of sp³-hybridized carbons (Fsp3) is 0.364. The lowest BCUT2D eigenvalue weighted by molar-refractivity contribution is -0.120. The van der Waals surface area contributed by atoms with Crippen molar-refractivity contribution in [3.8, 4) is 0 Å². The highest BCUT2D eigenvalue weighted by molar-refractivity contribution is 7.89. The Morgan fingerprint density at radius 3 is 2.58 bits per heavy atom. The van der Waals surface area contributed by atoms with Crippen molar-refractivity contribution in [2.24, 2.45) is 5.92 Å². The third-order valence-corrected chi connectivity index (χ3v) is 7.42. The maximum atomic E-state index is 13.0. The van der Waals surface area contributed by atoms with Crippen LogP contribution >= 0.6 is 11.6 Å². The van der Waals surface area contributed by atoms with E-state index in [1.54, 1.807) is 32.0 Å². The quantitative estimate of drug-likeness (QED) is 0.655. The summed E-state index contributed by atoms with van der Waals surface area (Å²) in [7, 11) is -3.72. The van der Waals surface area contributed by atoms with Gasteiger partial charge in [-0.1, -0.05) is 17.7 Å². The minimum absolute atomic E-state index is 0.0907. The lowest BCUT2D eigenvalue weighted by Gasteiger charge is -2.31. The molecular weight excluding hydrogens is 440 g/mol. The van der Waals surface area contributed by atoms with Gasteiger partial charge >= 0.3 is 5.97 Å². The predicted octanol–water partition coefficient (Wildman–Crippen LogP) is 3.86. The number of hydrogen-bond acceptors (Lipinski definition) is 5. The molecule has 2 aromatic carbocycles. The Balaban J connectivity index is 1.74. The summed E-state index contributed by atoms with van der Waals surface area (Å²) < 4.78 is 32.3. The zero-order valence-electron chi connectivity index (χ0n) is 17.4. The monoisotopic (exact) mass is 464 g/mol. The molecule has 1 fully saturated rings. The molecule has 0 saturated carbocycles. The number of ether oxygens (including phenoxy) is 1. The molecule has 0 radical (unpaired) electrons. The van der Waals surface area contributed by atoms with Gasteiger partial charge < -0.3 is 10.1 Å². The number of carbonyl (C=O) groups excluding carboxylic acids is 2. The first-order chi connectivity index (χ1) is 14.7. The van der Waals surface area contributed by atoms with Gasteiger partial charge in [0.2, 0.25) is 15.9 Å².